The van der Waals surface area contributed by atoms with Crippen LogP contribution >= 0.6 is 0 Å². The molecule has 10 heteroatoms. The molecule has 1 aliphatic heterocycles. The van der Waals surface area contributed by atoms with Gasteiger partial charge in [0.2, 0.25) is 0 Å². The molecule has 6 aromatic rings. The van der Waals surface area contributed by atoms with E-state index in [1.54, 1.807) is 19.1 Å². The maximum absolute atomic E-state index is 14.1. The molecule has 1 saturated heterocycles. The fourth-order valence-corrected chi connectivity index (χ4v) is 8.45. The third-order valence-electron chi connectivity index (χ3n) is 12.2. The van der Waals surface area contributed by atoms with Crippen LogP contribution in [0.15, 0.2) is 159 Å². The Kier molecular flexibility index (Phi) is 19.1. The molecule has 0 bridgehead atoms. The molecule has 0 unspecified atom stereocenters. The lowest BCUT2D eigenvalue weighted by molar-refractivity contribution is -0.138. The number of ketones is 1. The summed E-state index contributed by atoms with van der Waals surface area (Å²) in [4.78, 5) is 49.0. The second-order valence-corrected chi connectivity index (χ2v) is 16.9. The van der Waals surface area contributed by atoms with Crippen molar-refractivity contribution < 1.29 is 43.2 Å². The van der Waals surface area contributed by atoms with Crippen molar-refractivity contribution in [3.05, 3.63) is 181 Å². The molecule has 0 aromatic heterocycles. The van der Waals surface area contributed by atoms with Gasteiger partial charge in [-0.05, 0) is 164 Å². The maximum Gasteiger partial charge on any atom is 0.330 e. The molecule has 1 aliphatic rings. The maximum atomic E-state index is 14.1. The van der Waals surface area contributed by atoms with E-state index in [4.69, 9.17) is 18.9 Å². The summed E-state index contributed by atoms with van der Waals surface area (Å²) in [6.07, 6.45) is 11.3. The molecule has 6 aromatic carbocycles. The Bertz CT molecular complexity index is 2540. The molecule has 1 fully saturated rings. The van der Waals surface area contributed by atoms with Crippen LogP contribution in [0.1, 0.15) is 103 Å². The second kappa shape index (κ2) is 25.8. The molecule has 0 spiro atoms. The number of ether oxygens (including phenoxy) is 4. The first kappa shape index (κ1) is 50.4. The van der Waals surface area contributed by atoms with Crippen LogP contribution in [0.5, 0.6) is 11.5 Å². The van der Waals surface area contributed by atoms with Gasteiger partial charge in [0.15, 0.2) is 5.78 Å². The van der Waals surface area contributed by atoms with Gasteiger partial charge in [0.05, 0.1) is 32.5 Å². The number of fused-ring (bicyclic) bond motifs is 2. The monoisotopic (exact) mass is 917 g/mol. The van der Waals surface area contributed by atoms with Crippen LogP contribution in [-0.4, -0.2) is 72.6 Å². The van der Waals surface area contributed by atoms with Crippen LogP contribution in [-0.2, 0) is 24.7 Å². The van der Waals surface area contributed by atoms with Crippen LogP contribution < -0.4 is 9.47 Å². The van der Waals surface area contributed by atoms with Crippen LogP contribution in [0.25, 0.3) is 21.5 Å². The molecular weight excluding hydrogens is 855 g/mol. The minimum absolute atomic E-state index is 0.0544. The number of carbonyl (C=O) groups excluding carboxylic acids is 4. The van der Waals surface area contributed by atoms with E-state index < -0.39 is 11.6 Å². The van der Waals surface area contributed by atoms with Crippen molar-refractivity contribution in [2.45, 2.75) is 82.8 Å². The number of esters is 2. The average molecular weight is 918 g/mol. The Hall–Kier alpha value is -7.04. The second-order valence-electron chi connectivity index (χ2n) is 16.9. The van der Waals surface area contributed by atoms with E-state index in [2.05, 4.69) is 61.7 Å². The number of rotatable bonds is 23. The Morgan fingerprint density at radius 1 is 0.574 bits per heavy atom. The van der Waals surface area contributed by atoms with Crippen molar-refractivity contribution >= 4 is 45.2 Å². The molecule has 10 nitrogen and oxygen atoms in total. The Morgan fingerprint density at radius 2 is 1.00 bits per heavy atom. The minimum atomic E-state index is -1.42. The number of benzene rings is 6. The Labute approximate surface area is 400 Å². The molecule has 0 aliphatic carbocycles. The predicted molar refractivity (Wildman–Crippen MR) is 268 cm³/mol. The summed E-state index contributed by atoms with van der Waals surface area (Å²) in [6.45, 7) is 10.9. The van der Waals surface area contributed by atoms with Gasteiger partial charge >= 0.3 is 11.9 Å². The van der Waals surface area contributed by atoms with Gasteiger partial charge in [-0.25, -0.2) is 9.59 Å². The molecule has 1 N–H and O–H groups in total. The lowest BCUT2D eigenvalue weighted by Crippen LogP contribution is -2.50. The van der Waals surface area contributed by atoms with Crippen LogP contribution in [0.2, 0.25) is 0 Å². The van der Waals surface area contributed by atoms with E-state index >= 15 is 0 Å². The van der Waals surface area contributed by atoms with E-state index in [0.29, 0.717) is 56.3 Å². The third-order valence-corrected chi connectivity index (χ3v) is 12.2. The average Bonchev–Trinajstić information content (AvgIpc) is 3.88. The number of aliphatic hydroxyl groups is 1. The van der Waals surface area contributed by atoms with Crippen molar-refractivity contribution in [1.29, 1.82) is 0 Å². The van der Waals surface area contributed by atoms with Gasteiger partial charge in [-0.3, -0.25) is 9.59 Å². The molecular formula is C58H63NO9. The summed E-state index contributed by atoms with van der Waals surface area (Å²) in [7, 11) is 0. The fourth-order valence-electron chi connectivity index (χ4n) is 8.45. The third kappa shape index (κ3) is 14.0. The number of unbranched alkanes of at least 4 members (excludes halogenated alkanes) is 6. The highest BCUT2D eigenvalue weighted by Gasteiger charge is 2.47. The fraction of sp³-hybridized carbons (Fsp3) is 0.310. The van der Waals surface area contributed by atoms with E-state index in [0.717, 1.165) is 96.2 Å². The molecule has 1 atom stereocenters. The van der Waals surface area contributed by atoms with Gasteiger partial charge in [-0.1, -0.05) is 86.0 Å². The van der Waals surface area contributed by atoms with Gasteiger partial charge < -0.3 is 29.0 Å². The first-order valence-corrected chi connectivity index (χ1v) is 23.7. The van der Waals surface area contributed by atoms with Crippen molar-refractivity contribution in [2.24, 2.45) is 0 Å². The zero-order chi connectivity index (χ0) is 48.1. The Morgan fingerprint density at radius 3 is 1.44 bits per heavy atom. The molecule has 354 valence electrons. The first-order chi connectivity index (χ1) is 33.1. The van der Waals surface area contributed by atoms with Crippen LogP contribution in [0.3, 0.4) is 0 Å². The van der Waals surface area contributed by atoms with Crippen LogP contribution in [0, 0.1) is 0 Å². The summed E-state index contributed by atoms with van der Waals surface area (Å²) in [5.74, 6) is 0.687. The van der Waals surface area contributed by atoms with Crippen molar-refractivity contribution in [1.82, 2.24) is 4.90 Å². The zero-order valence-electron chi connectivity index (χ0n) is 39.1. The summed E-state index contributed by atoms with van der Waals surface area (Å²) in [5.41, 5.74) is 1.39. The zero-order valence-corrected chi connectivity index (χ0v) is 39.1. The molecule has 7 rings (SSSR count). The predicted octanol–water partition coefficient (Wildman–Crippen LogP) is 11.8. The number of nitrogens with zero attached hydrogens (tertiary/aromatic N) is 1. The number of carbonyl (C=O) groups is 4. The number of hydrogen-bond donors (Lipinski definition) is 1. The minimum Gasteiger partial charge on any atom is -0.494 e. The topological polar surface area (TPSA) is 129 Å². The molecule has 1 amide bonds. The van der Waals surface area contributed by atoms with Gasteiger partial charge in [-0.2, -0.15) is 0 Å². The highest BCUT2D eigenvalue weighted by Crippen LogP contribution is 2.42. The van der Waals surface area contributed by atoms with Crippen molar-refractivity contribution in [2.75, 3.05) is 33.0 Å². The number of likely N-dealkylation sites (tertiary alicyclic amines) is 1. The number of amides is 1. The number of Topliss-reactive ketones (excluding diaryl/α,β-unsaturated/α-hetero) is 1. The van der Waals surface area contributed by atoms with Gasteiger partial charge in [-0.15, -0.1) is 0 Å². The summed E-state index contributed by atoms with van der Waals surface area (Å²) >= 11 is 0. The first-order valence-electron chi connectivity index (χ1n) is 23.7. The quantitative estimate of drug-likeness (QED) is 0.0289. The van der Waals surface area contributed by atoms with Gasteiger partial charge in [0.25, 0.3) is 5.91 Å². The molecule has 68 heavy (non-hydrogen) atoms. The van der Waals surface area contributed by atoms with E-state index in [1.165, 1.54) is 12.2 Å². The standard InChI is InChI=1S/C41H41NO5.C17H22O4/c1-2-39(43)47-27-10-4-3-9-26-46-37-23-19-32(20-24-37)40(44)42-25-11-16-38(42)41(45,35-21-17-30-12-5-7-14-33(30)28-35)36-22-18-31-13-6-8-15-34(31)29-36;1-3-17(19)21-13-7-5-4-6-12-20-16-10-8-15(9-11-16)14(2)18/h2,5-8,12-15,17-24,28-29,38,45H,1,3-4,9-11,16,25-27H2;3,8-11H,1,4-7,12-13H2,2H3/t38-;/m0./s1. The molecule has 0 radical (unpaired) electrons. The summed E-state index contributed by atoms with van der Waals surface area (Å²) in [5, 5.41) is 17.3. The van der Waals surface area contributed by atoms with Crippen molar-refractivity contribution in [3.63, 3.8) is 0 Å². The largest absolute Gasteiger partial charge is 0.494 e. The SMILES string of the molecule is C=CC(=O)OCCCCCCOc1ccc(C(=O)N2CCC[C@H]2C(O)(c2ccc3ccccc3c2)c2ccc3ccccc3c2)cc1.C=CC(=O)OCCCCCCOc1ccc(C(C)=O)cc1. The van der Waals surface area contributed by atoms with Gasteiger partial charge in [0, 0.05) is 29.8 Å². The lowest BCUT2D eigenvalue weighted by atomic mass is 9.77. The summed E-state index contributed by atoms with van der Waals surface area (Å²) < 4.78 is 21.4. The van der Waals surface area contributed by atoms with E-state index in [1.807, 2.05) is 77.7 Å². The van der Waals surface area contributed by atoms with Crippen molar-refractivity contribution in [3.8, 4) is 11.5 Å². The van der Waals surface area contributed by atoms with E-state index in [9.17, 15) is 24.3 Å². The number of hydrogen-bond acceptors (Lipinski definition) is 9. The highest BCUT2D eigenvalue weighted by atomic mass is 16.5. The molecule has 0 saturated carbocycles. The van der Waals surface area contributed by atoms with E-state index in [-0.39, 0.29) is 23.6 Å². The van der Waals surface area contributed by atoms with Crippen LogP contribution in [0.4, 0.5) is 0 Å². The normalized spacial score (nSPS) is 13.3. The summed E-state index contributed by atoms with van der Waals surface area (Å²) in [6, 6.07) is 42.6. The molecule has 1 heterocycles. The Balaban J connectivity index is 0.000000305. The lowest BCUT2D eigenvalue weighted by Gasteiger charge is -2.40. The smallest absolute Gasteiger partial charge is 0.330 e. The van der Waals surface area contributed by atoms with Gasteiger partial charge in [0.1, 0.15) is 17.1 Å². The highest BCUT2D eigenvalue weighted by molar-refractivity contribution is 5.95.